The minimum absolute atomic E-state index is 0.857. The number of furan rings is 2. The Kier molecular flexibility index (Phi) is 6.03. The zero-order chi connectivity index (χ0) is 29.7. The van der Waals surface area contributed by atoms with Crippen molar-refractivity contribution in [2.75, 3.05) is 0 Å². The van der Waals surface area contributed by atoms with Gasteiger partial charge >= 0.3 is 0 Å². The smallest absolute Gasteiger partial charge is 0.138 e. The molecular formula is C40H24N2O2S. The molecule has 5 aromatic carbocycles. The maximum Gasteiger partial charge on any atom is 0.138 e. The molecule has 9 aromatic rings. The van der Waals surface area contributed by atoms with Gasteiger partial charge in [-0.3, -0.25) is 9.97 Å². The molecule has 4 nitrogen and oxygen atoms in total. The minimum atomic E-state index is 0.857. The van der Waals surface area contributed by atoms with Crippen molar-refractivity contribution in [2.24, 2.45) is 0 Å². The Bertz CT molecular complexity index is 2550. The summed E-state index contributed by atoms with van der Waals surface area (Å²) in [6.07, 6.45) is 7.26. The number of hydrogen-bond acceptors (Lipinski definition) is 5. The molecule has 212 valence electrons. The van der Waals surface area contributed by atoms with Gasteiger partial charge in [0.2, 0.25) is 0 Å². The Morgan fingerprint density at radius 2 is 0.889 bits per heavy atom. The van der Waals surface area contributed by atoms with E-state index < -0.39 is 0 Å². The van der Waals surface area contributed by atoms with E-state index in [1.165, 1.54) is 20.9 Å². The molecule has 9 rings (SSSR count). The molecule has 4 heterocycles. The average molecular weight is 597 g/mol. The Morgan fingerprint density at radius 1 is 0.378 bits per heavy atom. The van der Waals surface area contributed by atoms with Crippen molar-refractivity contribution in [1.29, 1.82) is 0 Å². The van der Waals surface area contributed by atoms with E-state index in [-0.39, 0.29) is 0 Å². The molecular weight excluding hydrogens is 573 g/mol. The third kappa shape index (κ3) is 4.65. The summed E-state index contributed by atoms with van der Waals surface area (Å²) in [6, 6.07) is 42.8. The Labute approximate surface area is 263 Å². The van der Waals surface area contributed by atoms with Gasteiger partial charge in [-0.05, 0) is 100 Å². The highest BCUT2D eigenvalue weighted by Crippen LogP contribution is 2.37. The number of hydrogen-bond donors (Lipinski definition) is 0. The van der Waals surface area contributed by atoms with Crippen molar-refractivity contribution in [3.05, 3.63) is 146 Å². The van der Waals surface area contributed by atoms with Crippen molar-refractivity contribution < 1.29 is 8.83 Å². The molecule has 0 N–H and O–H groups in total. The number of aromatic nitrogens is 2. The van der Waals surface area contributed by atoms with E-state index in [2.05, 4.69) is 119 Å². The van der Waals surface area contributed by atoms with Crippen LogP contribution in [0.2, 0.25) is 0 Å². The maximum absolute atomic E-state index is 6.11. The van der Waals surface area contributed by atoms with Gasteiger partial charge in [0.25, 0.3) is 0 Å². The first-order chi connectivity index (χ1) is 22.2. The standard InChI is InChI=1S/C40H24N2O2S/c1-4-25(18-26(5-1)29-11-13-37-34(21-29)36-24-42-17-15-39(36)43-37)27-6-2-8-31(19-27)45-32-9-3-7-28(20-32)30-10-12-33-35-23-41-16-14-38(35)44-40(33)22-30/h1-24H. The van der Waals surface area contributed by atoms with Gasteiger partial charge in [0.15, 0.2) is 0 Å². The molecule has 45 heavy (non-hydrogen) atoms. The molecule has 0 saturated carbocycles. The summed E-state index contributed by atoms with van der Waals surface area (Å²) in [4.78, 5) is 10.9. The Hall–Kier alpha value is -5.65. The van der Waals surface area contributed by atoms with Gasteiger partial charge in [0.1, 0.15) is 22.3 Å². The van der Waals surface area contributed by atoms with Gasteiger partial charge in [0.05, 0.1) is 0 Å². The quantitative estimate of drug-likeness (QED) is 0.198. The van der Waals surface area contributed by atoms with Crippen LogP contribution in [0.5, 0.6) is 0 Å². The van der Waals surface area contributed by atoms with Crippen LogP contribution in [0.15, 0.2) is 165 Å². The molecule has 0 spiro atoms. The molecule has 4 aromatic heterocycles. The summed E-state index contributed by atoms with van der Waals surface area (Å²) in [5, 5.41) is 4.24. The molecule has 0 aliphatic rings. The van der Waals surface area contributed by atoms with Crippen molar-refractivity contribution in [3.8, 4) is 33.4 Å². The zero-order valence-corrected chi connectivity index (χ0v) is 24.8. The van der Waals surface area contributed by atoms with E-state index in [1.54, 1.807) is 24.2 Å². The SMILES string of the molecule is c1cc(Sc2cccc(-c3ccc4c(c3)oc3ccncc34)c2)cc(-c2cccc(-c3ccc4oc5ccncc5c4c3)c2)c1. The molecule has 0 aliphatic heterocycles. The zero-order valence-electron chi connectivity index (χ0n) is 24.0. The molecule has 0 aliphatic carbocycles. The third-order valence-corrected chi connectivity index (χ3v) is 9.29. The molecule has 0 atom stereocenters. The van der Waals surface area contributed by atoms with E-state index in [4.69, 9.17) is 8.83 Å². The van der Waals surface area contributed by atoms with Crippen molar-refractivity contribution in [2.45, 2.75) is 9.79 Å². The lowest BCUT2D eigenvalue weighted by Gasteiger charge is -2.09. The highest BCUT2D eigenvalue weighted by atomic mass is 32.2. The lowest BCUT2D eigenvalue weighted by Crippen LogP contribution is -1.83. The van der Waals surface area contributed by atoms with Crippen LogP contribution < -0.4 is 0 Å². The first-order valence-electron chi connectivity index (χ1n) is 14.8. The molecule has 0 radical (unpaired) electrons. The van der Waals surface area contributed by atoms with Gasteiger partial charge in [0, 0.05) is 56.1 Å². The minimum Gasteiger partial charge on any atom is -0.456 e. The largest absolute Gasteiger partial charge is 0.456 e. The van der Waals surface area contributed by atoms with Gasteiger partial charge in [-0.15, -0.1) is 0 Å². The fourth-order valence-electron chi connectivity index (χ4n) is 6.09. The summed E-state index contributed by atoms with van der Waals surface area (Å²) in [6.45, 7) is 0. The van der Waals surface area contributed by atoms with Crippen LogP contribution in [-0.2, 0) is 0 Å². The number of nitrogens with zero attached hydrogens (tertiary/aromatic N) is 2. The second-order valence-corrected chi connectivity index (χ2v) is 12.3. The van der Waals surface area contributed by atoms with Gasteiger partial charge in [-0.25, -0.2) is 0 Å². The van der Waals surface area contributed by atoms with E-state index >= 15 is 0 Å². The second kappa shape index (κ2) is 10.5. The lowest BCUT2D eigenvalue weighted by molar-refractivity contribution is 0.668. The molecule has 0 unspecified atom stereocenters. The topological polar surface area (TPSA) is 52.1 Å². The highest BCUT2D eigenvalue weighted by Gasteiger charge is 2.11. The van der Waals surface area contributed by atoms with Gasteiger partial charge in [-0.1, -0.05) is 66.4 Å². The first-order valence-corrected chi connectivity index (χ1v) is 15.6. The second-order valence-electron chi connectivity index (χ2n) is 11.1. The number of rotatable bonds is 5. The third-order valence-electron chi connectivity index (χ3n) is 8.31. The van der Waals surface area contributed by atoms with Crippen LogP contribution >= 0.6 is 11.8 Å². The van der Waals surface area contributed by atoms with Crippen molar-refractivity contribution in [3.63, 3.8) is 0 Å². The number of benzene rings is 5. The lowest BCUT2D eigenvalue weighted by atomic mass is 9.98. The van der Waals surface area contributed by atoms with Gasteiger partial charge in [-0.2, -0.15) is 0 Å². The number of fused-ring (bicyclic) bond motifs is 6. The van der Waals surface area contributed by atoms with Crippen LogP contribution in [0.4, 0.5) is 0 Å². The number of pyridine rings is 2. The van der Waals surface area contributed by atoms with E-state index in [0.29, 0.717) is 0 Å². The molecule has 0 bridgehead atoms. The maximum atomic E-state index is 6.11. The molecule has 5 heteroatoms. The van der Waals surface area contributed by atoms with Gasteiger partial charge < -0.3 is 8.83 Å². The van der Waals surface area contributed by atoms with Crippen molar-refractivity contribution in [1.82, 2.24) is 9.97 Å². The predicted molar refractivity (Wildman–Crippen MR) is 183 cm³/mol. The fraction of sp³-hybridized carbons (Fsp3) is 0. The highest BCUT2D eigenvalue weighted by molar-refractivity contribution is 7.99. The first kappa shape index (κ1) is 25.8. The molecule has 0 fully saturated rings. The summed E-state index contributed by atoms with van der Waals surface area (Å²) >= 11 is 1.77. The normalized spacial score (nSPS) is 11.6. The summed E-state index contributed by atoms with van der Waals surface area (Å²) in [5.74, 6) is 0. The summed E-state index contributed by atoms with van der Waals surface area (Å²) in [5.41, 5.74) is 10.4. The predicted octanol–water partition coefficient (Wildman–Crippen LogP) is 11.4. The van der Waals surface area contributed by atoms with E-state index in [9.17, 15) is 0 Å². The monoisotopic (exact) mass is 596 g/mol. The summed E-state index contributed by atoms with van der Waals surface area (Å²) < 4.78 is 12.1. The van der Waals surface area contributed by atoms with Crippen LogP contribution in [0.25, 0.3) is 77.3 Å². The average Bonchev–Trinajstić information content (AvgIpc) is 3.66. The molecule has 0 amide bonds. The fourth-order valence-corrected chi connectivity index (χ4v) is 7.03. The van der Waals surface area contributed by atoms with Crippen LogP contribution in [0.1, 0.15) is 0 Å². The van der Waals surface area contributed by atoms with Crippen LogP contribution in [0.3, 0.4) is 0 Å². The molecule has 0 saturated heterocycles. The Morgan fingerprint density at radius 3 is 1.58 bits per heavy atom. The van der Waals surface area contributed by atoms with E-state index in [1.807, 2.05) is 24.5 Å². The Balaban J connectivity index is 1.00. The van der Waals surface area contributed by atoms with Crippen molar-refractivity contribution >= 4 is 55.6 Å². The van der Waals surface area contributed by atoms with Crippen LogP contribution in [-0.4, -0.2) is 9.97 Å². The summed E-state index contributed by atoms with van der Waals surface area (Å²) in [7, 11) is 0. The van der Waals surface area contributed by atoms with E-state index in [0.717, 1.165) is 66.1 Å². The van der Waals surface area contributed by atoms with Crippen LogP contribution in [0, 0.1) is 0 Å².